The standard InChI is InChI=1S/C49H82O2/c1-10-12-13-14-15-16-17-18-19-20-21-22-23-24-25-26-46(50)51-45-33-34-47(7)42(39(45)6)29-30-44-43(47)32-36-48(8)41(31-35-49(44,48)9)38(5)27-28-40(11-2)37(3)4/h15-16,18-19,38-39,41-42,45H,10-14,17,20-36H2,1-9H3/b16-15-,19-18-/t38-,39+,41-,42+,45+,47+,48-,49+/m1/s1. The molecular weight excluding hydrogens is 621 g/mol. The number of carbonyl (C=O) groups excluding carboxylic acids is 1. The van der Waals surface area contributed by atoms with Gasteiger partial charge in [0.1, 0.15) is 6.10 Å². The summed E-state index contributed by atoms with van der Waals surface area (Å²) in [7, 11) is 0. The highest BCUT2D eigenvalue weighted by Gasteiger charge is 2.62. The van der Waals surface area contributed by atoms with Gasteiger partial charge in [0.2, 0.25) is 0 Å². The van der Waals surface area contributed by atoms with E-state index in [1.807, 2.05) is 11.1 Å². The summed E-state index contributed by atoms with van der Waals surface area (Å²) in [5.41, 5.74) is 8.02. The van der Waals surface area contributed by atoms with Gasteiger partial charge in [-0.2, -0.15) is 0 Å². The van der Waals surface area contributed by atoms with E-state index in [4.69, 9.17) is 4.74 Å². The maximum absolute atomic E-state index is 13.0. The van der Waals surface area contributed by atoms with Gasteiger partial charge in [0.05, 0.1) is 0 Å². The second-order valence-electron chi connectivity index (χ2n) is 18.8. The van der Waals surface area contributed by atoms with E-state index in [1.165, 1.54) is 116 Å². The Balaban J connectivity index is 1.21. The number of allylic oxidation sites excluding steroid dienone is 8. The summed E-state index contributed by atoms with van der Waals surface area (Å²) < 4.78 is 6.29. The van der Waals surface area contributed by atoms with Crippen molar-refractivity contribution < 1.29 is 9.53 Å². The topological polar surface area (TPSA) is 26.3 Å². The fourth-order valence-electron chi connectivity index (χ4n) is 12.1. The third kappa shape index (κ3) is 9.95. The molecule has 2 heteroatoms. The Labute approximate surface area is 317 Å². The molecule has 8 atom stereocenters. The molecule has 0 unspecified atom stereocenters. The largest absolute Gasteiger partial charge is 0.462 e. The number of esters is 1. The predicted octanol–water partition coefficient (Wildman–Crippen LogP) is 15.2. The zero-order chi connectivity index (χ0) is 37.1. The molecule has 2 nitrogen and oxygen atoms in total. The van der Waals surface area contributed by atoms with E-state index in [1.54, 1.807) is 11.1 Å². The monoisotopic (exact) mass is 703 g/mol. The van der Waals surface area contributed by atoms with Gasteiger partial charge in [-0.05, 0) is 163 Å². The van der Waals surface area contributed by atoms with Crippen molar-refractivity contribution >= 4 is 5.97 Å². The lowest BCUT2D eigenvalue weighted by Gasteiger charge is -2.60. The minimum atomic E-state index is 0.0551. The zero-order valence-electron chi connectivity index (χ0n) is 35.3. The van der Waals surface area contributed by atoms with Gasteiger partial charge in [-0.1, -0.05) is 127 Å². The van der Waals surface area contributed by atoms with Crippen molar-refractivity contribution in [1.29, 1.82) is 0 Å². The molecule has 0 radical (unpaired) electrons. The summed E-state index contributed by atoms with van der Waals surface area (Å²) in [6.07, 6.45) is 37.4. The summed E-state index contributed by atoms with van der Waals surface area (Å²) in [6.45, 7) is 22.2. The molecule has 51 heavy (non-hydrogen) atoms. The first kappa shape index (κ1) is 42.2. The Bertz CT molecular complexity index is 1230. The number of rotatable bonds is 20. The minimum Gasteiger partial charge on any atom is -0.462 e. The van der Waals surface area contributed by atoms with Gasteiger partial charge in [0.15, 0.2) is 0 Å². The highest BCUT2D eigenvalue weighted by Crippen LogP contribution is 2.71. The van der Waals surface area contributed by atoms with Crippen LogP contribution < -0.4 is 0 Å². The Morgan fingerprint density at radius 1 is 0.804 bits per heavy atom. The van der Waals surface area contributed by atoms with Crippen LogP contribution in [0, 0.1) is 39.9 Å². The maximum Gasteiger partial charge on any atom is 0.306 e. The molecule has 2 saturated carbocycles. The van der Waals surface area contributed by atoms with Crippen molar-refractivity contribution in [2.75, 3.05) is 0 Å². The quantitative estimate of drug-likeness (QED) is 0.0717. The summed E-state index contributed by atoms with van der Waals surface area (Å²) in [6, 6.07) is 0. The average Bonchev–Trinajstić information content (AvgIpc) is 3.38. The SMILES string of the molecule is CCCCC/C=C\C/C=C\CCCCCCCC(=O)O[C@H]1CC[C@]2(C)C3=C(CC[C@H]2[C@@H]1C)[C@]1(C)CC[C@H]([C@H](C)CCC(CC)=C(C)C)[C@@]1(C)CC3. The fourth-order valence-corrected chi connectivity index (χ4v) is 12.1. The zero-order valence-corrected chi connectivity index (χ0v) is 35.3. The lowest BCUT2D eigenvalue weighted by atomic mass is 9.45. The van der Waals surface area contributed by atoms with Crippen LogP contribution in [0.25, 0.3) is 0 Å². The van der Waals surface area contributed by atoms with Crippen molar-refractivity contribution in [2.24, 2.45) is 39.9 Å². The van der Waals surface area contributed by atoms with Crippen molar-refractivity contribution in [3.8, 4) is 0 Å². The first-order valence-corrected chi connectivity index (χ1v) is 22.3. The predicted molar refractivity (Wildman–Crippen MR) is 221 cm³/mol. The van der Waals surface area contributed by atoms with Crippen molar-refractivity contribution in [3.63, 3.8) is 0 Å². The maximum atomic E-state index is 13.0. The number of hydrogen-bond acceptors (Lipinski definition) is 2. The van der Waals surface area contributed by atoms with Gasteiger partial charge in [-0.3, -0.25) is 4.79 Å². The molecule has 0 N–H and O–H groups in total. The highest BCUT2D eigenvalue weighted by atomic mass is 16.5. The first-order valence-electron chi connectivity index (χ1n) is 22.3. The number of unbranched alkanes of at least 4 members (excludes halogenated alkanes) is 8. The molecule has 4 aliphatic rings. The van der Waals surface area contributed by atoms with E-state index < -0.39 is 0 Å². The van der Waals surface area contributed by atoms with Gasteiger partial charge >= 0.3 is 5.97 Å². The van der Waals surface area contributed by atoms with Gasteiger partial charge < -0.3 is 4.74 Å². The molecule has 0 aromatic carbocycles. The van der Waals surface area contributed by atoms with E-state index in [0.29, 0.717) is 29.1 Å². The number of carbonyl (C=O) groups is 1. The molecule has 0 saturated heterocycles. The molecule has 0 spiro atoms. The minimum absolute atomic E-state index is 0.0551. The summed E-state index contributed by atoms with van der Waals surface area (Å²) in [5.74, 6) is 2.78. The van der Waals surface area contributed by atoms with Crippen molar-refractivity contribution in [2.45, 2.75) is 216 Å². The van der Waals surface area contributed by atoms with Crippen LogP contribution in [0.3, 0.4) is 0 Å². The van der Waals surface area contributed by atoms with E-state index in [9.17, 15) is 4.79 Å². The molecular formula is C49H82O2. The van der Waals surface area contributed by atoms with Gasteiger partial charge in [-0.15, -0.1) is 0 Å². The van der Waals surface area contributed by atoms with Crippen molar-refractivity contribution in [3.05, 3.63) is 46.6 Å². The molecule has 2 fully saturated rings. The second-order valence-corrected chi connectivity index (χ2v) is 18.8. The normalized spacial score (nSPS) is 32.6. The van der Waals surface area contributed by atoms with Crippen LogP contribution >= 0.6 is 0 Å². The highest BCUT2D eigenvalue weighted by molar-refractivity contribution is 5.69. The molecule has 0 bridgehead atoms. The smallest absolute Gasteiger partial charge is 0.306 e. The number of hydrogen-bond donors (Lipinski definition) is 0. The van der Waals surface area contributed by atoms with Crippen LogP contribution in [-0.4, -0.2) is 12.1 Å². The number of ether oxygens (including phenoxy) is 1. The fraction of sp³-hybridized carbons (Fsp3) is 0.816. The van der Waals surface area contributed by atoms with E-state index >= 15 is 0 Å². The third-order valence-electron chi connectivity index (χ3n) is 15.7. The summed E-state index contributed by atoms with van der Waals surface area (Å²) in [5, 5.41) is 0. The lowest BCUT2D eigenvalue weighted by Crippen LogP contribution is -2.52. The second kappa shape index (κ2) is 19.7. The average molecular weight is 703 g/mol. The Hall–Kier alpha value is -1.57. The third-order valence-corrected chi connectivity index (χ3v) is 15.7. The van der Waals surface area contributed by atoms with Crippen LogP contribution in [-0.2, 0) is 9.53 Å². The molecule has 0 aromatic heterocycles. The van der Waals surface area contributed by atoms with Crippen LogP contribution in [0.4, 0.5) is 0 Å². The summed E-state index contributed by atoms with van der Waals surface area (Å²) in [4.78, 5) is 13.0. The van der Waals surface area contributed by atoms with Crippen LogP contribution in [0.2, 0.25) is 0 Å². The van der Waals surface area contributed by atoms with Gasteiger partial charge in [0.25, 0.3) is 0 Å². The van der Waals surface area contributed by atoms with Gasteiger partial charge in [0, 0.05) is 6.42 Å². The molecule has 4 rings (SSSR count). The van der Waals surface area contributed by atoms with Crippen LogP contribution in [0.1, 0.15) is 210 Å². The van der Waals surface area contributed by atoms with Crippen molar-refractivity contribution in [1.82, 2.24) is 0 Å². The molecule has 0 amide bonds. The lowest BCUT2D eigenvalue weighted by molar-refractivity contribution is -0.158. The van der Waals surface area contributed by atoms with E-state index in [2.05, 4.69) is 86.6 Å². The van der Waals surface area contributed by atoms with Crippen LogP contribution in [0.5, 0.6) is 0 Å². The first-order chi connectivity index (χ1) is 24.4. The summed E-state index contributed by atoms with van der Waals surface area (Å²) >= 11 is 0. The molecule has 0 heterocycles. The molecule has 0 aliphatic heterocycles. The van der Waals surface area contributed by atoms with Gasteiger partial charge in [-0.25, -0.2) is 0 Å². The molecule has 4 aliphatic carbocycles. The van der Waals surface area contributed by atoms with E-state index in [-0.39, 0.29) is 17.5 Å². The number of fused-ring (bicyclic) bond motifs is 4. The Morgan fingerprint density at radius 2 is 1.49 bits per heavy atom. The Morgan fingerprint density at radius 3 is 2.18 bits per heavy atom. The Kier molecular flexibility index (Phi) is 16.3. The van der Waals surface area contributed by atoms with E-state index in [0.717, 1.165) is 37.5 Å². The molecule has 290 valence electrons. The molecule has 0 aromatic rings. The van der Waals surface area contributed by atoms with Crippen LogP contribution in [0.15, 0.2) is 46.6 Å².